The summed E-state index contributed by atoms with van der Waals surface area (Å²) in [5.41, 5.74) is -1.32. The third kappa shape index (κ3) is 2.02. The molecule has 1 nitrogen and oxygen atoms in total. The first kappa shape index (κ1) is 11.4. The predicted octanol–water partition coefficient (Wildman–Crippen LogP) is 3.50. The summed E-state index contributed by atoms with van der Waals surface area (Å²) < 4.78 is 60.9. The van der Waals surface area contributed by atoms with Gasteiger partial charge in [-0.05, 0) is 12.1 Å². The van der Waals surface area contributed by atoms with Gasteiger partial charge in [0.15, 0.2) is 0 Å². The minimum Gasteiger partial charge on any atom is -0.255 e. The van der Waals surface area contributed by atoms with Crippen LogP contribution in [-0.4, -0.2) is 11.2 Å². The van der Waals surface area contributed by atoms with Gasteiger partial charge in [-0.15, -0.1) is 0 Å². The zero-order valence-corrected chi connectivity index (χ0v) is 8.03. The summed E-state index contributed by atoms with van der Waals surface area (Å²) in [6.07, 6.45) is -4.75. The second-order valence-corrected chi connectivity index (χ2v) is 3.35. The first-order valence-corrected chi connectivity index (χ1v) is 4.11. The lowest BCUT2D eigenvalue weighted by atomic mass is 10.2. The van der Waals surface area contributed by atoms with Crippen molar-refractivity contribution in [2.75, 3.05) is 0 Å². The van der Waals surface area contributed by atoms with Crippen LogP contribution in [0, 0.1) is 0 Å². The van der Waals surface area contributed by atoms with Crippen molar-refractivity contribution in [1.29, 1.82) is 0 Å². The Morgan fingerprint density at radius 2 is 1.71 bits per heavy atom. The molecule has 0 atom stereocenters. The van der Waals surface area contributed by atoms with Crippen molar-refractivity contribution in [2.45, 2.75) is 12.1 Å². The van der Waals surface area contributed by atoms with Crippen molar-refractivity contribution >= 4 is 15.9 Å². The summed E-state index contributed by atoms with van der Waals surface area (Å²) in [5, 5.41) is 0. The zero-order valence-electron chi connectivity index (χ0n) is 6.45. The molecule has 1 heterocycles. The standard InChI is InChI=1S/C7H3BrF5N/c8-4-1-2-14-5(3-4)6(9,10)7(11,12)13/h1-3H. The number of nitrogens with zero attached hydrogens (tertiary/aromatic N) is 1. The van der Waals surface area contributed by atoms with Gasteiger partial charge in [0.25, 0.3) is 0 Å². The van der Waals surface area contributed by atoms with Crippen LogP contribution in [0.3, 0.4) is 0 Å². The van der Waals surface area contributed by atoms with E-state index < -0.39 is 17.8 Å². The van der Waals surface area contributed by atoms with Crippen LogP contribution in [-0.2, 0) is 5.92 Å². The van der Waals surface area contributed by atoms with Crippen LogP contribution in [0.2, 0.25) is 0 Å². The molecule has 0 amide bonds. The van der Waals surface area contributed by atoms with Gasteiger partial charge in [-0.3, -0.25) is 4.98 Å². The molecular weight excluding hydrogens is 273 g/mol. The summed E-state index contributed by atoms with van der Waals surface area (Å²) in [7, 11) is 0. The number of aromatic nitrogens is 1. The van der Waals surface area contributed by atoms with E-state index in [2.05, 4.69) is 20.9 Å². The molecule has 1 aromatic heterocycles. The van der Waals surface area contributed by atoms with Gasteiger partial charge >= 0.3 is 12.1 Å². The lowest BCUT2D eigenvalue weighted by Crippen LogP contribution is -2.34. The molecule has 0 spiro atoms. The topological polar surface area (TPSA) is 12.9 Å². The van der Waals surface area contributed by atoms with Gasteiger partial charge in [0.1, 0.15) is 5.69 Å². The Morgan fingerprint density at radius 3 is 2.14 bits per heavy atom. The molecule has 0 unspecified atom stereocenters. The number of halogens is 6. The molecule has 7 heteroatoms. The number of rotatable bonds is 1. The number of hydrogen-bond donors (Lipinski definition) is 0. The molecule has 0 saturated carbocycles. The molecule has 0 aliphatic carbocycles. The molecule has 0 aliphatic heterocycles. The Bertz CT molecular complexity index is 335. The first-order valence-electron chi connectivity index (χ1n) is 3.32. The maximum Gasteiger partial charge on any atom is 0.459 e. The predicted molar refractivity (Wildman–Crippen MR) is 41.9 cm³/mol. The lowest BCUT2D eigenvalue weighted by molar-refractivity contribution is -0.291. The highest BCUT2D eigenvalue weighted by molar-refractivity contribution is 9.10. The Kier molecular flexibility index (Phi) is 2.80. The van der Waals surface area contributed by atoms with E-state index in [9.17, 15) is 22.0 Å². The van der Waals surface area contributed by atoms with Crippen molar-refractivity contribution in [2.24, 2.45) is 0 Å². The van der Waals surface area contributed by atoms with Crippen molar-refractivity contribution in [3.63, 3.8) is 0 Å². The van der Waals surface area contributed by atoms with Crippen LogP contribution in [0.25, 0.3) is 0 Å². The van der Waals surface area contributed by atoms with E-state index in [1.54, 1.807) is 0 Å². The molecule has 0 saturated heterocycles. The normalized spacial score (nSPS) is 13.0. The quantitative estimate of drug-likeness (QED) is 0.715. The van der Waals surface area contributed by atoms with Crippen molar-refractivity contribution in [3.05, 3.63) is 28.5 Å². The summed E-state index contributed by atoms with van der Waals surface area (Å²) in [6.45, 7) is 0. The van der Waals surface area contributed by atoms with E-state index in [0.29, 0.717) is 6.07 Å². The molecule has 0 bridgehead atoms. The maximum atomic E-state index is 12.6. The van der Waals surface area contributed by atoms with Gasteiger partial charge in [0.05, 0.1) is 0 Å². The molecule has 0 N–H and O–H groups in total. The van der Waals surface area contributed by atoms with Crippen molar-refractivity contribution in [3.8, 4) is 0 Å². The van der Waals surface area contributed by atoms with E-state index >= 15 is 0 Å². The minimum absolute atomic E-state index is 0.117. The Labute approximate surface area is 84.1 Å². The van der Waals surface area contributed by atoms with Crippen LogP contribution >= 0.6 is 15.9 Å². The lowest BCUT2D eigenvalue weighted by Gasteiger charge is -2.18. The highest BCUT2D eigenvalue weighted by Gasteiger charge is 2.59. The van der Waals surface area contributed by atoms with E-state index in [-0.39, 0.29) is 4.47 Å². The smallest absolute Gasteiger partial charge is 0.255 e. The van der Waals surface area contributed by atoms with Crippen molar-refractivity contribution < 1.29 is 22.0 Å². The van der Waals surface area contributed by atoms with Crippen molar-refractivity contribution in [1.82, 2.24) is 4.98 Å². The molecule has 14 heavy (non-hydrogen) atoms. The Balaban J connectivity index is 3.16. The fourth-order valence-electron chi connectivity index (χ4n) is 0.722. The summed E-state index contributed by atoms with van der Waals surface area (Å²) in [5.74, 6) is -4.92. The summed E-state index contributed by atoms with van der Waals surface area (Å²) in [6, 6.07) is 1.89. The van der Waals surface area contributed by atoms with E-state index in [4.69, 9.17) is 0 Å². The van der Waals surface area contributed by atoms with Gasteiger partial charge in [-0.25, -0.2) is 0 Å². The molecule has 78 valence electrons. The number of pyridine rings is 1. The first-order chi connectivity index (χ1) is 6.25. The van der Waals surface area contributed by atoms with E-state index in [0.717, 1.165) is 6.20 Å². The Morgan fingerprint density at radius 1 is 1.14 bits per heavy atom. The SMILES string of the molecule is FC(F)(F)C(F)(F)c1cc(Br)ccn1. The van der Waals surface area contributed by atoms with Gasteiger partial charge in [0.2, 0.25) is 0 Å². The van der Waals surface area contributed by atoms with Gasteiger partial charge in [-0.1, -0.05) is 15.9 Å². The van der Waals surface area contributed by atoms with Crippen LogP contribution in [0.15, 0.2) is 22.8 Å². The zero-order chi connectivity index (χ0) is 11.0. The summed E-state index contributed by atoms with van der Waals surface area (Å²) in [4.78, 5) is 2.98. The molecule has 1 rings (SSSR count). The Hall–Kier alpha value is -0.720. The molecule has 1 aromatic rings. The molecule has 0 aliphatic rings. The molecular formula is C7H3BrF5N. The van der Waals surface area contributed by atoms with E-state index in [1.165, 1.54) is 6.07 Å². The number of alkyl halides is 5. The average molecular weight is 276 g/mol. The monoisotopic (exact) mass is 275 g/mol. The maximum absolute atomic E-state index is 12.6. The van der Waals surface area contributed by atoms with E-state index in [1.807, 2.05) is 0 Å². The fourth-order valence-corrected chi connectivity index (χ4v) is 1.06. The van der Waals surface area contributed by atoms with Gasteiger partial charge < -0.3 is 0 Å². The minimum atomic E-state index is -5.62. The molecule has 0 radical (unpaired) electrons. The number of hydrogen-bond acceptors (Lipinski definition) is 1. The fraction of sp³-hybridized carbons (Fsp3) is 0.286. The molecule has 0 fully saturated rings. The second-order valence-electron chi connectivity index (χ2n) is 2.43. The third-order valence-electron chi connectivity index (χ3n) is 1.40. The average Bonchev–Trinajstić information content (AvgIpc) is 2.02. The summed E-state index contributed by atoms with van der Waals surface area (Å²) >= 11 is 2.78. The van der Waals surface area contributed by atoms with Crippen LogP contribution in [0.4, 0.5) is 22.0 Å². The largest absolute Gasteiger partial charge is 0.459 e. The highest BCUT2D eigenvalue weighted by Crippen LogP contribution is 2.43. The highest BCUT2D eigenvalue weighted by atomic mass is 79.9. The van der Waals surface area contributed by atoms with Crippen LogP contribution in [0.1, 0.15) is 5.69 Å². The molecule has 0 aromatic carbocycles. The van der Waals surface area contributed by atoms with Gasteiger partial charge in [0, 0.05) is 10.7 Å². The third-order valence-corrected chi connectivity index (χ3v) is 1.89. The van der Waals surface area contributed by atoms with Crippen LogP contribution < -0.4 is 0 Å². The van der Waals surface area contributed by atoms with Crippen LogP contribution in [0.5, 0.6) is 0 Å². The second kappa shape index (κ2) is 3.45. The van der Waals surface area contributed by atoms with Gasteiger partial charge in [-0.2, -0.15) is 22.0 Å².